The molecule has 1 aromatic rings. The molecule has 0 spiro atoms. The van der Waals surface area contributed by atoms with E-state index in [2.05, 4.69) is 22.9 Å². The molecule has 2 nitrogen and oxygen atoms in total. The molecule has 0 bridgehead atoms. The van der Waals surface area contributed by atoms with Crippen LogP contribution in [0.25, 0.3) is 0 Å². The second-order valence-electron chi connectivity index (χ2n) is 3.97. The molecule has 1 saturated heterocycles. The normalized spacial score (nSPS) is 21.8. The van der Waals surface area contributed by atoms with Gasteiger partial charge in [-0.1, -0.05) is 0 Å². The molecule has 1 atom stereocenters. The molecule has 1 aliphatic heterocycles. The lowest BCUT2D eigenvalue weighted by atomic mass is 10.1. The van der Waals surface area contributed by atoms with Crippen LogP contribution < -0.4 is 5.73 Å². The Hall–Kier alpha value is -0.0600. The van der Waals surface area contributed by atoms with E-state index in [0.717, 1.165) is 25.3 Å². The van der Waals surface area contributed by atoms with Crippen molar-refractivity contribution in [3.8, 4) is 0 Å². The van der Waals surface area contributed by atoms with Crippen LogP contribution in [0.3, 0.4) is 0 Å². The van der Waals surface area contributed by atoms with E-state index in [1.165, 1.54) is 34.2 Å². The van der Waals surface area contributed by atoms with Crippen LogP contribution >= 0.6 is 23.1 Å². The third-order valence-electron chi connectivity index (χ3n) is 2.71. The molecule has 0 amide bonds. The molecule has 0 aromatic carbocycles. The summed E-state index contributed by atoms with van der Waals surface area (Å²) in [4.78, 5) is 5.97. The first-order chi connectivity index (χ1) is 7.40. The lowest BCUT2D eigenvalue weighted by Crippen LogP contribution is -2.07. The van der Waals surface area contributed by atoms with E-state index in [-0.39, 0.29) is 0 Å². The minimum Gasteiger partial charge on any atom is -0.330 e. The van der Waals surface area contributed by atoms with Crippen molar-refractivity contribution >= 4 is 23.1 Å². The molecule has 1 aromatic heterocycles. The van der Waals surface area contributed by atoms with E-state index in [9.17, 15) is 0 Å². The predicted molar refractivity (Wildman–Crippen MR) is 68.8 cm³/mol. The zero-order chi connectivity index (χ0) is 10.5. The topological polar surface area (TPSA) is 38.9 Å². The molecule has 84 valence electrons. The first-order valence-corrected chi connectivity index (χ1v) is 7.59. The zero-order valence-electron chi connectivity index (χ0n) is 8.95. The van der Waals surface area contributed by atoms with Crippen LogP contribution in [0.4, 0.5) is 0 Å². The van der Waals surface area contributed by atoms with Crippen LogP contribution in [0.5, 0.6) is 0 Å². The summed E-state index contributed by atoms with van der Waals surface area (Å²) in [5, 5.41) is 1.36. The van der Waals surface area contributed by atoms with Crippen molar-refractivity contribution in [2.75, 3.05) is 18.1 Å². The van der Waals surface area contributed by atoms with Crippen molar-refractivity contribution in [1.29, 1.82) is 0 Å². The number of nitrogens with zero attached hydrogens (tertiary/aromatic N) is 1. The highest BCUT2D eigenvalue weighted by molar-refractivity contribution is 7.99. The number of rotatable bonds is 4. The zero-order valence-corrected chi connectivity index (χ0v) is 10.6. The highest BCUT2D eigenvalue weighted by atomic mass is 32.2. The van der Waals surface area contributed by atoms with Gasteiger partial charge in [0.15, 0.2) is 0 Å². The van der Waals surface area contributed by atoms with Gasteiger partial charge in [0.05, 0.1) is 5.01 Å². The Morgan fingerprint density at radius 1 is 1.53 bits per heavy atom. The molecule has 2 rings (SSSR count). The van der Waals surface area contributed by atoms with Crippen molar-refractivity contribution in [3.05, 3.63) is 16.1 Å². The van der Waals surface area contributed by atoms with E-state index in [1.807, 2.05) is 11.3 Å². The van der Waals surface area contributed by atoms with Gasteiger partial charge in [-0.2, -0.15) is 11.8 Å². The third-order valence-corrected chi connectivity index (χ3v) is 5.14. The second kappa shape index (κ2) is 5.87. The highest BCUT2D eigenvalue weighted by Crippen LogP contribution is 2.33. The van der Waals surface area contributed by atoms with Crippen molar-refractivity contribution in [1.82, 2.24) is 4.98 Å². The van der Waals surface area contributed by atoms with Gasteiger partial charge >= 0.3 is 0 Å². The van der Waals surface area contributed by atoms with Gasteiger partial charge in [0.25, 0.3) is 0 Å². The van der Waals surface area contributed by atoms with Crippen molar-refractivity contribution in [3.63, 3.8) is 0 Å². The molecular weight excluding hydrogens is 224 g/mol. The average molecular weight is 242 g/mol. The molecule has 0 saturated carbocycles. The van der Waals surface area contributed by atoms with E-state index < -0.39 is 0 Å². The van der Waals surface area contributed by atoms with Gasteiger partial charge in [-0.25, -0.2) is 4.98 Å². The summed E-state index contributed by atoms with van der Waals surface area (Å²) < 4.78 is 0. The monoisotopic (exact) mass is 242 g/mol. The van der Waals surface area contributed by atoms with Gasteiger partial charge in [0, 0.05) is 22.7 Å². The Morgan fingerprint density at radius 3 is 3.20 bits per heavy atom. The minimum atomic E-state index is 0.723. The molecule has 1 unspecified atom stereocenters. The van der Waals surface area contributed by atoms with Crippen LogP contribution in [-0.4, -0.2) is 23.0 Å². The first kappa shape index (κ1) is 11.4. The second-order valence-corrected chi connectivity index (χ2v) is 6.27. The number of hydrogen-bond donors (Lipinski definition) is 1. The van der Waals surface area contributed by atoms with Gasteiger partial charge in [0.2, 0.25) is 0 Å². The van der Waals surface area contributed by atoms with Crippen molar-refractivity contribution in [2.24, 2.45) is 5.73 Å². The van der Waals surface area contributed by atoms with Crippen LogP contribution in [0.2, 0.25) is 0 Å². The maximum Gasteiger partial charge on any atom is 0.0966 e. The molecule has 15 heavy (non-hydrogen) atoms. The average Bonchev–Trinajstić information content (AvgIpc) is 2.76. The van der Waals surface area contributed by atoms with Gasteiger partial charge in [0.1, 0.15) is 0 Å². The number of hydrogen-bond acceptors (Lipinski definition) is 4. The van der Waals surface area contributed by atoms with Crippen LogP contribution in [0, 0.1) is 0 Å². The van der Waals surface area contributed by atoms with Gasteiger partial charge < -0.3 is 5.73 Å². The number of thiazole rings is 1. The fourth-order valence-corrected chi connectivity index (χ4v) is 4.18. The third kappa shape index (κ3) is 3.20. The highest BCUT2D eigenvalue weighted by Gasteiger charge is 2.18. The molecule has 2 N–H and O–H groups in total. The molecule has 0 radical (unpaired) electrons. The standard InChI is InChI=1S/C11H18N2S2/c12-5-1-4-10-7-13-11(15-10)9-3-2-6-14-8-9/h7,9H,1-6,8,12H2. The lowest BCUT2D eigenvalue weighted by molar-refractivity contribution is 0.656. The Balaban J connectivity index is 1.93. The number of aryl methyl sites for hydroxylation is 1. The summed E-state index contributed by atoms with van der Waals surface area (Å²) in [5.74, 6) is 3.33. The molecule has 0 aliphatic carbocycles. The fourth-order valence-electron chi connectivity index (χ4n) is 1.84. The summed E-state index contributed by atoms with van der Waals surface area (Å²) in [7, 11) is 0. The van der Waals surface area contributed by atoms with E-state index in [4.69, 9.17) is 5.73 Å². The summed E-state index contributed by atoms with van der Waals surface area (Å²) in [6.45, 7) is 0.784. The van der Waals surface area contributed by atoms with Crippen LogP contribution in [0.1, 0.15) is 35.1 Å². The molecule has 1 aliphatic rings. The number of aromatic nitrogens is 1. The molecule has 4 heteroatoms. The van der Waals surface area contributed by atoms with E-state index >= 15 is 0 Å². The molecule has 1 fully saturated rings. The van der Waals surface area contributed by atoms with E-state index in [1.54, 1.807) is 0 Å². The smallest absolute Gasteiger partial charge is 0.0966 e. The minimum absolute atomic E-state index is 0.723. The largest absolute Gasteiger partial charge is 0.330 e. The quantitative estimate of drug-likeness (QED) is 0.882. The molecular formula is C11H18N2S2. The SMILES string of the molecule is NCCCc1cnc(C2CCCSC2)s1. The Morgan fingerprint density at radius 2 is 2.47 bits per heavy atom. The van der Waals surface area contributed by atoms with E-state index in [0.29, 0.717) is 0 Å². The first-order valence-electron chi connectivity index (χ1n) is 5.62. The predicted octanol–water partition coefficient (Wildman–Crippen LogP) is 2.65. The van der Waals surface area contributed by atoms with Crippen LogP contribution in [0.15, 0.2) is 6.20 Å². The lowest BCUT2D eigenvalue weighted by Gasteiger charge is -2.18. The van der Waals surface area contributed by atoms with Crippen molar-refractivity contribution in [2.45, 2.75) is 31.6 Å². The Labute approximate surface area is 99.7 Å². The summed E-state index contributed by atoms with van der Waals surface area (Å²) >= 11 is 3.97. The van der Waals surface area contributed by atoms with Crippen LogP contribution in [-0.2, 0) is 6.42 Å². The fraction of sp³-hybridized carbons (Fsp3) is 0.727. The van der Waals surface area contributed by atoms with Crippen molar-refractivity contribution < 1.29 is 0 Å². The number of nitrogens with two attached hydrogens (primary N) is 1. The summed E-state index contributed by atoms with van der Waals surface area (Å²) in [6, 6.07) is 0. The number of thioether (sulfide) groups is 1. The Kier molecular flexibility index (Phi) is 4.47. The Bertz CT molecular complexity index is 293. The maximum absolute atomic E-state index is 5.51. The van der Waals surface area contributed by atoms with Gasteiger partial charge in [-0.3, -0.25) is 0 Å². The maximum atomic E-state index is 5.51. The summed E-state index contributed by atoms with van der Waals surface area (Å²) in [6.07, 6.45) is 6.92. The molecule has 2 heterocycles. The van der Waals surface area contributed by atoms with Gasteiger partial charge in [-0.05, 0) is 38.0 Å². The van der Waals surface area contributed by atoms with Gasteiger partial charge in [-0.15, -0.1) is 11.3 Å². The summed E-state index contributed by atoms with van der Waals surface area (Å²) in [5.41, 5.74) is 5.51.